The van der Waals surface area contributed by atoms with Crippen molar-refractivity contribution in [3.05, 3.63) is 29.3 Å². The van der Waals surface area contributed by atoms with E-state index in [1.165, 1.54) is 0 Å². The Morgan fingerprint density at radius 3 is 2.67 bits per heavy atom. The molecule has 0 aliphatic heterocycles. The minimum atomic E-state index is -0.470. The van der Waals surface area contributed by atoms with Crippen LogP contribution in [-0.2, 0) is 0 Å². The number of benzene rings is 1. The monoisotopic (exact) mass is 248 g/mol. The SMILES string of the molecule is Cc1ccc(C(N)=O)c(OCC2(N)CCCC2)c1. The third-order valence-corrected chi connectivity index (χ3v) is 3.52. The molecule has 1 aromatic carbocycles. The first-order valence-corrected chi connectivity index (χ1v) is 6.32. The molecule has 1 amide bonds. The Balaban J connectivity index is 2.12. The highest BCUT2D eigenvalue weighted by Gasteiger charge is 2.30. The average molecular weight is 248 g/mol. The van der Waals surface area contributed by atoms with Gasteiger partial charge in [-0.1, -0.05) is 18.9 Å². The summed E-state index contributed by atoms with van der Waals surface area (Å²) in [5.41, 5.74) is 12.8. The largest absolute Gasteiger partial charge is 0.491 e. The lowest BCUT2D eigenvalue weighted by Crippen LogP contribution is -2.42. The van der Waals surface area contributed by atoms with Crippen molar-refractivity contribution in [2.75, 3.05) is 6.61 Å². The summed E-state index contributed by atoms with van der Waals surface area (Å²) in [7, 11) is 0. The summed E-state index contributed by atoms with van der Waals surface area (Å²) in [5, 5.41) is 0. The molecule has 1 aliphatic rings. The van der Waals surface area contributed by atoms with Crippen molar-refractivity contribution in [2.24, 2.45) is 11.5 Å². The maximum atomic E-state index is 11.3. The molecule has 98 valence electrons. The zero-order chi connectivity index (χ0) is 13.2. The van der Waals surface area contributed by atoms with Crippen LogP contribution < -0.4 is 16.2 Å². The van der Waals surface area contributed by atoms with Crippen molar-refractivity contribution in [1.29, 1.82) is 0 Å². The molecule has 1 fully saturated rings. The van der Waals surface area contributed by atoms with Crippen LogP contribution in [0.15, 0.2) is 18.2 Å². The molecule has 1 aromatic rings. The van der Waals surface area contributed by atoms with E-state index in [0.717, 1.165) is 31.2 Å². The molecule has 0 bridgehead atoms. The van der Waals surface area contributed by atoms with E-state index in [1.54, 1.807) is 6.07 Å². The summed E-state index contributed by atoms with van der Waals surface area (Å²) in [6, 6.07) is 5.38. The Hall–Kier alpha value is -1.55. The summed E-state index contributed by atoms with van der Waals surface area (Å²) < 4.78 is 5.74. The maximum absolute atomic E-state index is 11.3. The molecule has 0 aromatic heterocycles. The van der Waals surface area contributed by atoms with E-state index in [4.69, 9.17) is 16.2 Å². The molecular formula is C14H20N2O2. The molecule has 1 saturated carbocycles. The molecule has 1 aliphatic carbocycles. The number of ether oxygens (including phenoxy) is 1. The lowest BCUT2D eigenvalue weighted by Gasteiger charge is -2.24. The Morgan fingerprint density at radius 2 is 2.06 bits per heavy atom. The van der Waals surface area contributed by atoms with E-state index in [2.05, 4.69) is 0 Å². The number of hydrogen-bond donors (Lipinski definition) is 2. The number of amides is 1. The third kappa shape index (κ3) is 2.82. The molecule has 0 unspecified atom stereocenters. The minimum Gasteiger partial charge on any atom is -0.491 e. The number of primary amides is 1. The van der Waals surface area contributed by atoms with Crippen LogP contribution in [0.3, 0.4) is 0 Å². The molecule has 4 nitrogen and oxygen atoms in total. The predicted molar refractivity (Wildman–Crippen MR) is 70.6 cm³/mol. The third-order valence-electron chi connectivity index (χ3n) is 3.52. The zero-order valence-corrected chi connectivity index (χ0v) is 10.7. The van der Waals surface area contributed by atoms with Gasteiger partial charge in [0.25, 0.3) is 5.91 Å². The van der Waals surface area contributed by atoms with Gasteiger partial charge in [-0.3, -0.25) is 4.79 Å². The fourth-order valence-electron chi connectivity index (χ4n) is 2.40. The fourth-order valence-corrected chi connectivity index (χ4v) is 2.40. The van der Waals surface area contributed by atoms with Crippen LogP contribution in [0.2, 0.25) is 0 Å². The van der Waals surface area contributed by atoms with Crippen molar-refractivity contribution in [3.8, 4) is 5.75 Å². The zero-order valence-electron chi connectivity index (χ0n) is 10.7. The van der Waals surface area contributed by atoms with E-state index in [9.17, 15) is 4.79 Å². The van der Waals surface area contributed by atoms with Crippen molar-refractivity contribution in [2.45, 2.75) is 38.1 Å². The van der Waals surface area contributed by atoms with Gasteiger partial charge in [0.1, 0.15) is 12.4 Å². The lowest BCUT2D eigenvalue weighted by molar-refractivity contribution is 0.0994. The van der Waals surface area contributed by atoms with E-state index in [-0.39, 0.29) is 5.54 Å². The molecule has 18 heavy (non-hydrogen) atoms. The number of rotatable bonds is 4. The fraction of sp³-hybridized carbons (Fsp3) is 0.500. The molecule has 0 saturated heterocycles. The van der Waals surface area contributed by atoms with Crippen LogP contribution >= 0.6 is 0 Å². The minimum absolute atomic E-state index is 0.251. The van der Waals surface area contributed by atoms with E-state index in [1.807, 2.05) is 19.1 Å². The maximum Gasteiger partial charge on any atom is 0.252 e. The van der Waals surface area contributed by atoms with Crippen LogP contribution in [0.1, 0.15) is 41.6 Å². The van der Waals surface area contributed by atoms with Gasteiger partial charge in [-0.25, -0.2) is 0 Å². The first-order chi connectivity index (χ1) is 8.50. The van der Waals surface area contributed by atoms with Gasteiger partial charge in [0.2, 0.25) is 0 Å². The lowest BCUT2D eigenvalue weighted by atomic mass is 10.0. The van der Waals surface area contributed by atoms with Crippen molar-refractivity contribution >= 4 is 5.91 Å². The second-order valence-corrected chi connectivity index (χ2v) is 5.22. The highest BCUT2D eigenvalue weighted by Crippen LogP contribution is 2.29. The molecule has 0 radical (unpaired) electrons. The van der Waals surface area contributed by atoms with Crippen molar-refractivity contribution < 1.29 is 9.53 Å². The van der Waals surface area contributed by atoms with E-state index >= 15 is 0 Å². The summed E-state index contributed by atoms with van der Waals surface area (Å²) in [4.78, 5) is 11.3. The molecule has 0 atom stereocenters. The first-order valence-electron chi connectivity index (χ1n) is 6.32. The van der Waals surface area contributed by atoms with E-state index in [0.29, 0.717) is 17.9 Å². The molecular weight excluding hydrogens is 228 g/mol. The average Bonchev–Trinajstić information content (AvgIpc) is 2.74. The Bertz CT molecular complexity index is 451. The van der Waals surface area contributed by atoms with Crippen molar-refractivity contribution in [1.82, 2.24) is 0 Å². The van der Waals surface area contributed by atoms with Crippen LogP contribution in [0.5, 0.6) is 5.75 Å². The Kier molecular flexibility index (Phi) is 3.57. The van der Waals surface area contributed by atoms with Gasteiger partial charge >= 0.3 is 0 Å². The standard InChI is InChI=1S/C14H20N2O2/c1-10-4-5-11(13(15)17)12(8-10)18-9-14(16)6-2-3-7-14/h4-5,8H,2-3,6-7,9,16H2,1H3,(H2,15,17). The smallest absolute Gasteiger partial charge is 0.252 e. The number of aryl methyl sites for hydroxylation is 1. The highest BCUT2D eigenvalue weighted by atomic mass is 16.5. The second kappa shape index (κ2) is 4.98. The number of hydrogen-bond acceptors (Lipinski definition) is 3. The Labute approximate surface area is 107 Å². The summed E-state index contributed by atoms with van der Waals surface area (Å²) in [6.45, 7) is 2.39. The summed E-state index contributed by atoms with van der Waals surface area (Å²) in [6.07, 6.45) is 4.25. The second-order valence-electron chi connectivity index (χ2n) is 5.22. The molecule has 0 spiro atoms. The van der Waals surface area contributed by atoms with Gasteiger partial charge in [0.15, 0.2) is 0 Å². The van der Waals surface area contributed by atoms with Crippen LogP contribution in [0, 0.1) is 6.92 Å². The van der Waals surface area contributed by atoms with Gasteiger partial charge in [-0.15, -0.1) is 0 Å². The van der Waals surface area contributed by atoms with Crippen LogP contribution in [-0.4, -0.2) is 18.1 Å². The summed E-state index contributed by atoms with van der Waals surface area (Å²) in [5.74, 6) is 0.0710. The van der Waals surface area contributed by atoms with Gasteiger partial charge in [0, 0.05) is 0 Å². The molecule has 0 heterocycles. The number of nitrogens with two attached hydrogens (primary N) is 2. The molecule has 4 N–H and O–H groups in total. The van der Waals surface area contributed by atoms with Gasteiger partial charge in [-0.2, -0.15) is 0 Å². The van der Waals surface area contributed by atoms with Gasteiger partial charge < -0.3 is 16.2 Å². The first kappa shape index (κ1) is 12.9. The van der Waals surface area contributed by atoms with Crippen molar-refractivity contribution in [3.63, 3.8) is 0 Å². The summed E-state index contributed by atoms with van der Waals surface area (Å²) >= 11 is 0. The van der Waals surface area contributed by atoms with Crippen LogP contribution in [0.25, 0.3) is 0 Å². The molecule has 4 heteroatoms. The predicted octanol–water partition coefficient (Wildman–Crippen LogP) is 1.74. The highest BCUT2D eigenvalue weighted by molar-refractivity contribution is 5.95. The van der Waals surface area contributed by atoms with Gasteiger partial charge in [0.05, 0.1) is 11.1 Å². The Morgan fingerprint density at radius 1 is 1.39 bits per heavy atom. The van der Waals surface area contributed by atoms with E-state index < -0.39 is 5.91 Å². The van der Waals surface area contributed by atoms with Crippen LogP contribution in [0.4, 0.5) is 0 Å². The van der Waals surface area contributed by atoms with Gasteiger partial charge in [-0.05, 0) is 37.5 Å². The quantitative estimate of drug-likeness (QED) is 0.852. The topological polar surface area (TPSA) is 78.3 Å². The number of carbonyl (C=O) groups is 1. The normalized spacial score (nSPS) is 17.7. The number of carbonyl (C=O) groups excluding carboxylic acids is 1. The molecule has 2 rings (SSSR count).